The predicted octanol–water partition coefficient (Wildman–Crippen LogP) is 1.47. The van der Waals surface area contributed by atoms with Gasteiger partial charge in [-0.25, -0.2) is 4.79 Å². The molecule has 0 aromatic heterocycles. The average Bonchev–Trinajstić information content (AvgIpc) is 3.27. The zero-order chi connectivity index (χ0) is 16.3. The van der Waals surface area contributed by atoms with Crippen LogP contribution in [-0.2, 0) is 19.1 Å². The van der Waals surface area contributed by atoms with Crippen LogP contribution >= 0.6 is 0 Å². The molecule has 0 bridgehead atoms. The van der Waals surface area contributed by atoms with Crippen LogP contribution in [0.1, 0.15) is 13.8 Å². The highest BCUT2D eigenvalue weighted by Gasteiger charge is 2.52. The van der Waals surface area contributed by atoms with E-state index in [0.29, 0.717) is 0 Å². The lowest BCUT2D eigenvalue weighted by Crippen LogP contribution is -2.26. The number of nitro benzene ring substituents is 1. The molecule has 0 saturated carbocycles. The Balaban J connectivity index is 1.90. The molecule has 8 heteroatoms. The summed E-state index contributed by atoms with van der Waals surface area (Å²) in [5, 5.41) is 10.5. The van der Waals surface area contributed by atoms with E-state index in [9.17, 15) is 19.7 Å². The van der Waals surface area contributed by atoms with E-state index in [4.69, 9.17) is 14.2 Å². The number of carbonyl (C=O) groups excluding carboxylic acids is 2. The fraction of sp³-hybridized carbons (Fsp3) is 0.429. The molecule has 0 aliphatic carbocycles. The number of ether oxygens (including phenoxy) is 3. The Kier molecular flexibility index (Phi) is 4.71. The molecule has 2 rings (SSSR count). The minimum absolute atomic E-state index is 0.0965. The Morgan fingerprint density at radius 1 is 1.36 bits per heavy atom. The number of nitrogens with zero attached hydrogens (tertiary/aromatic N) is 1. The number of benzene rings is 1. The number of hydrogen-bond acceptors (Lipinski definition) is 7. The summed E-state index contributed by atoms with van der Waals surface area (Å²) in [6.07, 6.45) is -1.30. The van der Waals surface area contributed by atoms with Gasteiger partial charge in [-0.15, -0.1) is 0 Å². The lowest BCUT2D eigenvalue weighted by atomic mass is 10.1. The number of nitro groups is 1. The Morgan fingerprint density at radius 3 is 2.55 bits per heavy atom. The summed E-state index contributed by atoms with van der Waals surface area (Å²) >= 11 is 0. The van der Waals surface area contributed by atoms with Gasteiger partial charge in [-0.3, -0.25) is 14.9 Å². The average molecular weight is 309 g/mol. The first-order chi connectivity index (χ1) is 10.4. The first-order valence-corrected chi connectivity index (χ1v) is 6.72. The predicted molar refractivity (Wildman–Crippen MR) is 73.2 cm³/mol. The highest BCUT2D eigenvalue weighted by atomic mass is 16.6. The zero-order valence-electron chi connectivity index (χ0n) is 12.1. The summed E-state index contributed by atoms with van der Waals surface area (Å²) in [5.41, 5.74) is -0.0965. The van der Waals surface area contributed by atoms with E-state index in [2.05, 4.69) is 0 Å². The molecule has 3 unspecified atom stereocenters. The molecule has 1 saturated heterocycles. The quantitative estimate of drug-likeness (QED) is 0.257. The fourth-order valence-electron chi connectivity index (χ4n) is 1.90. The van der Waals surface area contributed by atoms with E-state index in [1.165, 1.54) is 24.3 Å². The molecule has 1 aromatic carbocycles. The van der Waals surface area contributed by atoms with Crippen molar-refractivity contribution in [2.24, 2.45) is 5.92 Å². The van der Waals surface area contributed by atoms with Gasteiger partial charge in [0.2, 0.25) is 0 Å². The molecular weight excluding hydrogens is 294 g/mol. The standard InChI is InChI=1S/C14H15NO7/c1-3-20-14(17)12-11(22-12)8(2)13(16)21-10-6-4-9(5-7-10)15(18)19/h4-8,11-12H,3H2,1-2H3. The lowest BCUT2D eigenvalue weighted by Gasteiger charge is -2.08. The molecule has 3 atom stereocenters. The summed E-state index contributed by atoms with van der Waals surface area (Å²) in [4.78, 5) is 33.4. The molecule has 1 aliphatic rings. The van der Waals surface area contributed by atoms with Gasteiger partial charge in [-0.05, 0) is 26.0 Å². The van der Waals surface area contributed by atoms with Crippen molar-refractivity contribution in [1.29, 1.82) is 0 Å². The molecule has 1 aromatic rings. The highest BCUT2D eigenvalue weighted by Crippen LogP contribution is 2.31. The molecule has 22 heavy (non-hydrogen) atoms. The monoisotopic (exact) mass is 309 g/mol. The third kappa shape index (κ3) is 3.59. The van der Waals surface area contributed by atoms with E-state index in [-0.39, 0.29) is 18.0 Å². The SMILES string of the molecule is CCOC(=O)C1OC1C(C)C(=O)Oc1ccc([N+](=O)[O-])cc1. The van der Waals surface area contributed by atoms with Crippen molar-refractivity contribution in [3.63, 3.8) is 0 Å². The zero-order valence-corrected chi connectivity index (χ0v) is 12.1. The second-order valence-corrected chi connectivity index (χ2v) is 4.73. The van der Waals surface area contributed by atoms with Gasteiger partial charge in [0.05, 0.1) is 17.4 Å². The number of hydrogen-bond donors (Lipinski definition) is 0. The van der Waals surface area contributed by atoms with E-state index in [1.54, 1.807) is 13.8 Å². The first kappa shape index (κ1) is 15.9. The van der Waals surface area contributed by atoms with Gasteiger partial charge in [0.15, 0.2) is 6.10 Å². The van der Waals surface area contributed by atoms with Gasteiger partial charge in [0, 0.05) is 12.1 Å². The number of epoxide rings is 1. The van der Waals surface area contributed by atoms with Crippen LogP contribution in [0.2, 0.25) is 0 Å². The van der Waals surface area contributed by atoms with Crippen molar-refractivity contribution < 1.29 is 28.7 Å². The second kappa shape index (κ2) is 6.52. The smallest absolute Gasteiger partial charge is 0.338 e. The normalized spacial score (nSPS) is 20.8. The molecule has 0 radical (unpaired) electrons. The Bertz CT molecular complexity index is 583. The maximum absolute atomic E-state index is 12.0. The van der Waals surface area contributed by atoms with Gasteiger partial charge in [0.25, 0.3) is 5.69 Å². The van der Waals surface area contributed by atoms with Gasteiger partial charge >= 0.3 is 11.9 Å². The topological polar surface area (TPSA) is 108 Å². The van der Waals surface area contributed by atoms with Gasteiger partial charge in [-0.1, -0.05) is 0 Å². The molecular formula is C14H15NO7. The van der Waals surface area contributed by atoms with Crippen LogP contribution in [0.5, 0.6) is 5.75 Å². The first-order valence-electron chi connectivity index (χ1n) is 6.72. The summed E-state index contributed by atoms with van der Waals surface area (Å²) in [6.45, 7) is 3.51. The van der Waals surface area contributed by atoms with E-state index < -0.39 is 35.0 Å². The minimum Gasteiger partial charge on any atom is -0.464 e. The van der Waals surface area contributed by atoms with Crippen molar-refractivity contribution in [2.75, 3.05) is 6.61 Å². The molecule has 0 amide bonds. The van der Waals surface area contributed by atoms with Gasteiger partial charge in [-0.2, -0.15) is 0 Å². The van der Waals surface area contributed by atoms with Crippen LogP contribution in [-0.4, -0.2) is 35.7 Å². The Labute approximate surface area is 126 Å². The number of esters is 2. The van der Waals surface area contributed by atoms with Crippen molar-refractivity contribution in [1.82, 2.24) is 0 Å². The number of carbonyl (C=O) groups is 2. The maximum Gasteiger partial charge on any atom is 0.338 e. The lowest BCUT2D eigenvalue weighted by molar-refractivity contribution is -0.384. The van der Waals surface area contributed by atoms with Gasteiger partial charge < -0.3 is 14.2 Å². The van der Waals surface area contributed by atoms with E-state index >= 15 is 0 Å². The van der Waals surface area contributed by atoms with Gasteiger partial charge in [0.1, 0.15) is 11.9 Å². The fourth-order valence-corrected chi connectivity index (χ4v) is 1.90. The van der Waals surface area contributed by atoms with Crippen molar-refractivity contribution in [3.05, 3.63) is 34.4 Å². The molecule has 0 spiro atoms. The minimum atomic E-state index is -0.737. The van der Waals surface area contributed by atoms with E-state index in [1.807, 2.05) is 0 Å². The molecule has 8 nitrogen and oxygen atoms in total. The summed E-state index contributed by atoms with van der Waals surface area (Å²) in [5.74, 6) is -1.53. The molecule has 1 aliphatic heterocycles. The van der Waals surface area contributed by atoms with Crippen molar-refractivity contribution in [2.45, 2.75) is 26.1 Å². The number of non-ortho nitro benzene ring substituents is 1. The molecule has 118 valence electrons. The summed E-state index contributed by atoms with van der Waals surface area (Å²) in [6, 6.07) is 5.14. The largest absolute Gasteiger partial charge is 0.464 e. The van der Waals surface area contributed by atoms with Crippen LogP contribution in [0.3, 0.4) is 0 Å². The Hall–Kier alpha value is -2.48. The second-order valence-electron chi connectivity index (χ2n) is 4.73. The highest BCUT2D eigenvalue weighted by molar-refractivity contribution is 5.82. The van der Waals surface area contributed by atoms with Crippen LogP contribution < -0.4 is 4.74 Å². The van der Waals surface area contributed by atoms with Crippen LogP contribution in [0.4, 0.5) is 5.69 Å². The van der Waals surface area contributed by atoms with Crippen molar-refractivity contribution in [3.8, 4) is 5.75 Å². The maximum atomic E-state index is 12.0. The number of rotatable bonds is 6. The molecule has 1 heterocycles. The van der Waals surface area contributed by atoms with Crippen LogP contribution in [0.25, 0.3) is 0 Å². The van der Waals surface area contributed by atoms with Crippen LogP contribution in [0, 0.1) is 16.0 Å². The third-order valence-electron chi connectivity index (χ3n) is 3.17. The van der Waals surface area contributed by atoms with Crippen molar-refractivity contribution >= 4 is 17.6 Å². The van der Waals surface area contributed by atoms with E-state index in [0.717, 1.165) is 0 Å². The Morgan fingerprint density at radius 2 is 2.00 bits per heavy atom. The summed E-state index contributed by atoms with van der Waals surface area (Å²) < 4.78 is 15.0. The molecule has 1 fully saturated rings. The van der Waals surface area contributed by atoms with Crippen LogP contribution in [0.15, 0.2) is 24.3 Å². The summed E-state index contributed by atoms with van der Waals surface area (Å²) in [7, 11) is 0. The third-order valence-corrected chi connectivity index (χ3v) is 3.17. The molecule has 0 N–H and O–H groups in total.